The Morgan fingerprint density at radius 1 is 1.56 bits per heavy atom. The molecule has 5 heteroatoms. The maximum absolute atomic E-state index is 6.01. The second-order valence-corrected chi connectivity index (χ2v) is 4.87. The van der Waals surface area contributed by atoms with Crippen molar-refractivity contribution < 1.29 is 0 Å². The molecule has 0 fully saturated rings. The van der Waals surface area contributed by atoms with Crippen LogP contribution in [-0.4, -0.2) is 20.6 Å². The maximum atomic E-state index is 6.01. The molecule has 0 aliphatic carbocycles. The van der Waals surface area contributed by atoms with Crippen molar-refractivity contribution in [1.82, 2.24) is 14.5 Å². The van der Waals surface area contributed by atoms with Crippen LogP contribution in [0.3, 0.4) is 0 Å². The summed E-state index contributed by atoms with van der Waals surface area (Å²) in [6, 6.07) is 4.28. The van der Waals surface area contributed by atoms with Crippen LogP contribution in [0.15, 0.2) is 23.1 Å². The fourth-order valence-electron chi connectivity index (χ4n) is 2.23. The third-order valence-corrected chi connectivity index (χ3v) is 3.66. The lowest BCUT2D eigenvalue weighted by Gasteiger charge is -2.21. The number of halogens is 1. The predicted octanol–water partition coefficient (Wildman–Crippen LogP) is 1.91. The Hall–Kier alpha value is -1.07. The molecule has 1 aliphatic heterocycles. The first-order valence-electron chi connectivity index (χ1n) is 5.40. The van der Waals surface area contributed by atoms with Crippen LogP contribution in [0, 0.1) is 0 Å². The molecule has 4 nitrogen and oxygen atoms in total. The number of nitrogens with one attached hydrogen (secondary N) is 1. The molecule has 0 bridgehead atoms. The lowest BCUT2D eigenvalue weighted by molar-refractivity contribution is 0.467. The average molecular weight is 281 g/mol. The van der Waals surface area contributed by atoms with E-state index in [1.54, 1.807) is 0 Å². The van der Waals surface area contributed by atoms with E-state index in [1.807, 2.05) is 18.3 Å². The topological polar surface area (TPSA) is 59.6 Å². The summed E-state index contributed by atoms with van der Waals surface area (Å²) in [5, 5.41) is 0. The van der Waals surface area contributed by atoms with Crippen molar-refractivity contribution in [3.8, 4) is 11.4 Å². The third-order valence-electron chi connectivity index (χ3n) is 3.06. The van der Waals surface area contributed by atoms with E-state index in [0.717, 1.165) is 35.5 Å². The van der Waals surface area contributed by atoms with E-state index in [0.29, 0.717) is 0 Å². The summed E-state index contributed by atoms with van der Waals surface area (Å²) in [4.78, 5) is 7.76. The van der Waals surface area contributed by atoms with Crippen molar-refractivity contribution >= 4 is 15.9 Å². The molecule has 1 aliphatic rings. The summed E-state index contributed by atoms with van der Waals surface area (Å²) in [7, 11) is 0. The van der Waals surface area contributed by atoms with Crippen molar-refractivity contribution in [2.24, 2.45) is 5.73 Å². The molecule has 3 N–H and O–H groups in total. The summed E-state index contributed by atoms with van der Waals surface area (Å²) >= 11 is 3.51. The monoisotopic (exact) mass is 280 g/mol. The molecule has 2 aromatic heterocycles. The summed E-state index contributed by atoms with van der Waals surface area (Å²) in [5.41, 5.74) is 9.32. The van der Waals surface area contributed by atoms with E-state index in [-0.39, 0.29) is 6.04 Å². The quantitative estimate of drug-likeness (QED) is 0.839. The summed E-state index contributed by atoms with van der Waals surface area (Å²) < 4.78 is 3.11. The number of aromatic nitrogens is 3. The number of nitrogens with two attached hydrogens (primary N) is 1. The van der Waals surface area contributed by atoms with E-state index in [9.17, 15) is 0 Å². The molecule has 84 valence electrons. The fourth-order valence-corrected chi connectivity index (χ4v) is 2.80. The van der Waals surface area contributed by atoms with Crippen molar-refractivity contribution in [2.75, 3.05) is 0 Å². The molecular weight excluding hydrogens is 268 g/mol. The van der Waals surface area contributed by atoms with Crippen LogP contribution in [0.2, 0.25) is 0 Å². The molecule has 0 aromatic carbocycles. The Labute approximate surface area is 102 Å². The number of aromatic amines is 1. The molecule has 1 unspecified atom stereocenters. The van der Waals surface area contributed by atoms with Crippen LogP contribution in [0.5, 0.6) is 0 Å². The van der Waals surface area contributed by atoms with Crippen LogP contribution in [0.25, 0.3) is 11.4 Å². The average Bonchev–Trinajstić information content (AvgIpc) is 2.86. The number of H-pyrrole nitrogens is 1. The number of hydrogen-bond donors (Lipinski definition) is 2. The summed E-state index contributed by atoms with van der Waals surface area (Å²) in [6.07, 6.45) is 3.83. The van der Waals surface area contributed by atoms with E-state index in [1.165, 1.54) is 5.69 Å². The van der Waals surface area contributed by atoms with Gasteiger partial charge in [-0.3, -0.25) is 0 Å². The zero-order valence-electron chi connectivity index (χ0n) is 8.78. The summed E-state index contributed by atoms with van der Waals surface area (Å²) in [6.45, 7) is 0.949. The van der Waals surface area contributed by atoms with Crippen LogP contribution in [0.1, 0.15) is 12.1 Å². The Morgan fingerprint density at radius 2 is 2.44 bits per heavy atom. The van der Waals surface area contributed by atoms with Gasteiger partial charge < -0.3 is 15.3 Å². The van der Waals surface area contributed by atoms with E-state index < -0.39 is 0 Å². The fraction of sp³-hybridized carbons (Fsp3) is 0.364. The SMILES string of the molecule is NC1CCn2c(Br)nc(-c3ccc[nH]3)c2C1. The normalized spacial score (nSPS) is 19.8. The van der Waals surface area contributed by atoms with Crippen molar-refractivity contribution in [3.63, 3.8) is 0 Å². The Bertz CT molecular complexity index is 500. The summed E-state index contributed by atoms with van der Waals surface area (Å²) in [5.74, 6) is 0. The Balaban J connectivity index is 2.13. The van der Waals surface area contributed by atoms with E-state index in [4.69, 9.17) is 5.73 Å². The molecule has 0 saturated heterocycles. The van der Waals surface area contributed by atoms with Gasteiger partial charge in [-0.05, 0) is 34.5 Å². The third kappa shape index (κ3) is 1.51. The Morgan fingerprint density at radius 3 is 3.19 bits per heavy atom. The van der Waals surface area contributed by atoms with Gasteiger partial charge in [0.2, 0.25) is 0 Å². The maximum Gasteiger partial charge on any atom is 0.177 e. The zero-order chi connectivity index (χ0) is 11.1. The minimum atomic E-state index is 0.254. The predicted molar refractivity (Wildman–Crippen MR) is 66.0 cm³/mol. The van der Waals surface area contributed by atoms with Gasteiger partial charge in [-0.1, -0.05) is 0 Å². The minimum absolute atomic E-state index is 0.254. The highest BCUT2D eigenvalue weighted by Gasteiger charge is 2.23. The van der Waals surface area contributed by atoms with Gasteiger partial charge in [0.1, 0.15) is 5.69 Å². The number of hydrogen-bond acceptors (Lipinski definition) is 2. The van der Waals surface area contributed by atoms with Gasteiger partial charge in [-0.25, -0.2) is 4.98 Å². The van der Waals surface area contributed by atoms with Gasteiger partial charge in [0.15, 0.2) is 4.73 Å². The molecule has 0 radical (unpaired) electrons. The zero-order valence-corrected chi connectivity index (χ0v) is 10.4. The number of imidazole rings is 1. The van der Waals surface area contributed by atoms with Gasteiger partial charge in [0, 0.05) is 30.9 Å². The van der Waals surface area contributed by atoms with E-state index in [2.05, 4.69) is 30.5 Å². The number of nitrogens with zero attached hydrogens (tertiary/aromatic N) is 2. The van der Waals surface area contributed by atoms with Crippen LogP contribution < -0.4 is 5.73 Å². The molecule has 0 saturated carbocycles. The molecule has 1 atom stereocenters. The smallest absolute Gasteiger partial charge is 0.177 e. The first kappa shape index (κ1) is 10.1. The molecule has 0 amide bonds. The molecule has 3 heterocycles. The van der Waals surface area contributed by atoms with Crippen molar-refractivity contribution in [2.45, 2.75) is 25.4 Å². The lowest BCUT2D eigenvalue weighted by Crippen LogP contribution is -2.30. The van der Waals surface area contributed by atoms with Crippen molar-refractivity contribution in [1.29, 1.82) is 0 Å². The van der Waals surface area contributed by atoms with Gasteiger partial charge in [0.05, 0.1) is 5.69 Å². The number of fused-ring (bicyclic) bond motifs is 1. The van der Waals surface area contributed by atoms with Gasteiger partial charge >= 0.3 is 0 Å². The molecule has 2 aromatic rings. The highest BCUT2D eigenvalue weighted by atomic mass is 79.9. The standard InChI is InChI=1S/C11H13BrN4/c12-11-15-10(8-2-1-4-14-8)9-6-7(13)3-5-16(9)11/h1-2,4,7,14H,3,5-6,13H2. The molecule has 0 spiro atoms. The Kier molecular flexibility index (Phi) is 2.37. The second kappa shape index (κ2) is 3.75. The van der Waals surface area contributed by atoms with Crippen LogP contribution in [0.4, 0.5) is 0 Å². The lowest BCUT2D eigenvalue weighted by atomic mass is 10.0. The van der Waals surface area contributed by atoms with Crippen LogP contribution >= 0.6 is 15.9 Å². The minimum Gasteiger partial charge on any atom is -0.360 e. The highest BCUT2D eigenvalue weighted by molar-refractivity contribution is 9.10. The molecule has 3 rings (SSSR count). The number of rotatable bonds is 1. The first-order valence-corrected chi connectivity index (χ1v) is 6.19. The van der Waals surface area contributed by atoms with Crippen molar-refractivity contribution in [3.05, 3.63) is 28.8 Å². The second-order valence-electron chi connectivity index (χ2n) is 4.16. The van der Waals surface area contributed by atoms with Gasteiger partial charge in [-0.2, -0.15) is 0 Å². The molecule has 16 heavy (non-hydrogen) atoms. The van der Waals surface area contributed by atoms with Gasteiger partial charge in [0.25, 0.3) is 0 Å². The largest absolute Gasteiger partial charge is 0.360 e. The molecular formula is C11H13BrN4. The first-order chi connectivity index (χ1) is 7.75. The van der Waals surface area contributed by atoms with Gasteiger partial charge in [-0.15, -0.1) is 0 Å². The highest BCUT2D eigenvalue weighted by Crippen LogP contribution is 2.29. The van der Waals surface area contributed by atoms with Crippen LogP contribution in [-0.2, 0) is 13.0 Å². The van der Waals surface area contributed by atoms with E-state index >= 15 is 0 Å².